The summed E-state index contributed by atoms with van der Waals surface area (Å²) in [6, 6.07) is 93.9. The molecule has 0 radical (unpaired) electrons. The average molecular weight is 1060 g/mol. The van der Waals surface area contributed by atoms with Crippen LogP contribution in [0, 0.1) is 0 Å². The van der Waals surface area contributed by atoms with Crippen molar-refractivity contribution in [2.75, 3.05) is 26.3 Å². The van der Waals surface area contributed by atoms with Gasteiger partial charge in [-0.05, 0) is 151 Å². The van der Waals surface area contributed by atoms with Gasteiger partial charge in [0.05, 0.1) is 22.7 Å². The van der Waals surface area contributed by atoms with Gasteiger partial charge in [0.15, 0.2) is 0 Å². The minimum Gasteiger partial charge on any atom is -0.321 e. The van der Waals surface area contributed by atoms with E-state index in [0.717, 1.165) is 67.9 Å². The number of fused-ring (bicyclic) bond motifs is 6. The Morgan fingerprint density at radius 1 is 0.329 bits per heavy atom. The van der Waals surface area contributed by atoms with Gasteiger partial charge in [-0.25, -0.2) is 4.98 Å². The van der Waals surface area contributed by atoms with E-state index in [-0.39, 0.29) is 16.2 Å². The van der Waals surface area contributed by atoms with Crippen LogP contribution in [0.4, 0.5) is 57.0 Å². The van der Waals surface area contributed by atoms with E-state index in [1.54, 1.807) is 0 Å². The lowest BCUT2D eigenvalue weighted by Crippen LogP contribution is -2.25. The third kappa shape index (κ3) is 9.60. The molecular formula is C77H69N5. The number of aromatic nitrogens is 1. The number of para-hydroxylation sites is 2. The first-order chi connectivity index (χ1) is 39.7. The predicted molar refractivity (Wildman–Crippen MR) is 347 cm³/mol. The second-order valence-electron chi connectivity index (χ2n) is 24.6. The first kappa shape index (κ1) is 52.0. The number of nitrogens with zero attached hydrogens (tertiary/aromatic N) is 5. The summed E-state index contributed by atoms with van der Waals surface area (Å²) in [6.07, 6.45) is 1.98. The molecule has 0 amide bonds. The molecule has 3 heterocycles. The molecule has 0 atom stereocenters. The van der Waals surface area contributed by atoms with Gasteiger partial charge >= 0.3 is 0 Å². The van der Waals surface area contributed by atoms with E-state index in [1.807, 2.05) is 6.20 Å². The molecule has 82 heavy (non-hydrogen) atoms. The Hall–Kier alpha value is -9.45. The van der Waals surface area contributed by atoms with E-state index in [2.05, 4.69) is 330 Å². The van der Waals surface area contributed by atoms with Crippen LogP contribution in [0.15, 0.2) is 261 Å². The zero-order chi connectivity index (χ0) is 56.3. The van der Waals surface area contributed by atoms with Crippen LogP contribution in [0.1, 0.15) is 77.6 Å². The maximum atomic E-state index is 5.27. The predicted octanol–water partition coefficient (Wildman–Crippen LogP) is 21.2. The fraction of sp³-hybridized carbons (Fsp3) is 0.156. The first-order valence-corrected chi connectivity index (χ1v) is 28.8. The summed E-state index contributed by atoms with van der Waals surface area (Å²) in [7, 11) is 0. The average Bonchev–Trinajstić information content (AvgIpc) is 4.10. The van der Waals surface area contributed by atoms with Gasteiger partial charge in [0, 0.05) is 51.2 Å². The molecule has 402 valence electrons. The van der Waals surface area contributed by atoms with E-state index < -0.39 is 0 Å². The van der Waals surface area contributed by atoms with Crippen LogP contribution >= 0.6 is 0 Å². The highest BCUT2D eigenvalue weighted by atomic mass is 15.4. The van der Waals surface area contributed by atoms with Crippen molar-refractivity contribution in [2.24, 2.45) is 0 Å². The molecule has 0 N–H and O–H groups in total. The highest BCUT2D eigenvalue weighted by molar-refractivity contribution is 6.03. The molecule has 5 heteroatoms. The molecule has 11 aromatic rings. The van der Waals surface area contributed by atoms with Crippen molar-refractivity contribution in [3.63, 3.8) is 0 Å². The Labute approximate surface area is 485 Å². The summed E-state index contributed by atoms with van der Waals surface area (Å²) >= 11 is 0. The van der Waals surface area contributed by atoms with E-state index in [9.17, 15) is 0 Å². The molecule has 0 bridgehead atoms. The molecule has 0 aliphatic carbocycles. The molecule has 0 saturated carbocycles. The monoisotopic (exact) mass is 1060 g/mol. The van der Waals surface area contributed by atoms with Crippen LogP contribution < -0.4 is 19.6 Å². The lowest BCUT2D eigenvalue weighted by molar-refractivity contribution is 0.568. The van der Waals surface area contributed by atoms with E-state index >= 15 is 0 Å². The minimum atomic E-state index is -0.285. The molecule has 0 unspecified atom stereocenters. The Balaban J connectivity index is 1.02. The number of hydrogen-bond acceptors (Lipinski definition) is 5. The molecule has 10 aromatic carbocycles. The van der Waals surface area contributed by atoms with Crippen LogP contribution in [-0.2, 0) is 16.2 Å². The van der Waals surface area contributed by atoms with Gasteiger partial charge in [0.1, 0.15) is 12.5 Å². The SMILES string of the molecule is CC(C)(C)c1cc(N2CN(c3cc(-c4ccccc4)cc(N(c4ccccc4)c4ccc5c(c4)N(c4cc(C(C)(C)c6ccccc6)ccn4)c4ccccc4-c4ccccc4-5)c3)c3ccc(-c4ccccc4)cc32)cc(C(C)(C)C)c1. The largest absolute Gasteiger partial charge is 0.321 e. The van der Waals surface area contributed by atoms with Gasteiger partial charge in [-0.1, -0.05) is 225 Å². The highest BCUT2D eigenvalue weighted by Gasteiger charge is 2.34. The Morgan fingerprint density at radius 2 is 0.878 bits per heavy atom. The minimum absolute atomic E-state index is 0.0522. The van der Waals surface area contributed by atoms with Gasteiger partial charge in [-0.15, -0.1) is 0 Å². The van der Waals surface area contributed by atoms with E-state index in [0.29, 0.717) is 6.67 Å². The third-order valence-electron chi connectivity index (χ3n) is 16.8. The lowest BCUT2D eigenvalue weighted by Gasteiger charge is -2.32. The second-order valence-corrected chi connectivity index (χ2v) is 24.6. The van der Waals surface area contributed by atoms with Crippen LogP contribution in [-0.4, -0.2) is 11.7 Å². The van der Waals surface area contributed by atoms with Crippen molar-refractivity contribution in [3.05, 3.63) is 283 Å². The Morgan fingerprint density at radius 3 is 1.52 bits per heavy atom. The van der Waals surface area contributed by atoms with Crippen molar-refractivity contribution >= 4 is 57.0 Å². The van der Waals surface area contributed by atoms with Gasteiger partial charge in [-0.3, -0.25) is 4.90 Å². The third-order valence-corrected chi connectivity index (χ3v) is 16.8. The standard InChI is InChI=1S/C77H69N5/c1-75(2,3)59-46-60(76(4,5)6)48-64(47-59)80-52-79(71-40-37-55(45-73(71)80)53-25-13-9-14-26-53)63-43-56(54-27-15-10-16-28-54)44-65(50-63)81(61-31-19-12-20-32-61)62-38-39-69-67-34-22-21-33-66(67)68-35-23-24-36-70(68)82(72(69)51-62)74-49-58(41-42-78-74)77(7,8)57-29-17-11-18-30-57/h9-51H,52H2,1-8H3. The zero-order valence-electron chi connectivity index (χ0n) is 48.3. The van der Waals surface area contributed by atoms with Crippen molar-refractivity contribution in [1.82, 2.24) is 4.98 Å². The lowest BCUT2D eigenvalue weighted by atomic mass is 9.78. The molecule has 13 rings (SSSR count). The molecular weight excluding hydrogens is 995 g/mol. The number of pyridine rings is 1. The van der Waals surface area contributed by atoms with Crippen molar-refractivity contribution < 1.29 is 0 Å². The summed E-state index contributed by atoms with van der Waals surface area (Å²) in [5.41, 5.74) is 23.8. The van der Waals surface area contributed by atoms with Crippen molar-refractivity contribution in [3.8, 4) is 44.5 Å². The molecule has 2 aliphatic heterocycles. The summed E-state index contributed by atoms with van der Waals surface area (Å²) in [6.45, 7) is 19.2. The fourth-order valence-corrected chi connectivity index (χ4v) is 12.1. The number of anilines is 10. The molecule has 1 aromatic heterocycles. The maximum Gasteiger partial charge on any atom is 0.137 e. The quantitative estimate of drug-likeness (QED) is 0.136. The summed E-state index contributed by atoms with van der Waals surface area (Å²) in [5, 5.41) is 0. The summed E-state index contributed by atoms with van der Waals surface area (Å²) in [5.74, 6) is 0.857. The Bertz CT molecular complexity index is 4100. The van der Waals surface area contributed by atoms with Gasteiger partial charge in [0.25, 0.3) is 0 Å². The number of benzene rings is 10. The first-order valence-electron chi connectivity index (χ1n) is 28.8. The molecule has 0 spiro atoms. The number of hydrogen-bond donors (Lipinski definition) is 0. The smallest absolute Gasteiger partial charge is 0.137 e. The topological polar surface area (TPSA) is 25.9 Å². The van der Waals surface area contributed by atoms with E-state index in [1.165, 1.54) is 55.9 Å². The highest BCUT2D eigenvalue weighted by Crippen LogP contribution is 2.54. The fourth-order valence-electron chi connectivity index (χ4n) is 12.1. The van der Waals surface area contributed by atoms with Crippen LogP contribution in [0.3, 0.4) is 0 Å². The van der Waals surface area contributed by atoms with Crippen LogP contribution in [0.2, 0.25) is 0 Å². The maximum absolute atomic E-state index is 5.27. The van der Waals surface area contributed by atoms with Crippen molar-refractivity contribution in [1.29, 1.82) is 0 Å². The van der Waals surface area contributed by atoms with Gasteiger partial charge < -0.3 is 14.7 Å². The molecule has 0 fully saturated rings. The zero-order valence-corrected chi connectivity index (χ0v) is 48.3. The van der Waals surface area contributed by atoms with Gasteiger partial charge in [-0.2, -0.15) is 0 Å². The molecule has 0 saturated heterocycles. The van der Waals surface area contributed by atoms with E-state index in [4.69, 9.17) is 4.98 Å². The van der Waals surface area contributed by atoms with Crippen LogP contribution in [0.25, 0.3) is 44.5 Å². The molecule has 5 nitrogen and oxygen atoms in total. The van der Waals surface area contributed by atoms with Gasteiger partial charge in [0.2, 0.25) is 0 Å². The summed E-state index contributed by atoms with van der Waals surface area (Å²) in [4.78, 5) is 15.2. The molecule has 2 aliphatic rings. The second kappa shape index (κ2) is 20.6. The summed E-state index contributed by atoms with van der Waals surface area (Å²) < 4.78 is 0. The normalized spacial score (nSPS) is 13.0. The van der Waals surface area contributed by atoms with Crippen LogP contribution in [0.5, 0.6) is 0 Å². The Kier molecular flexibility index (Phi) is 13.0. The van der Waals surface area contributed by atoms with Crippen molar-refractivity contribution in [2.45, 2.75) is 71.6 Å². The number of rotatable bonds is 10.